The number of nitrogens with zero attached hydrogens (tertiary/aromatic N) is 1. The van der Waals surface area contributed by atoms with Gasteiger partial charge < -0.3 is 9.64 Å². The topological polar surface area (TPSA) is 29.5 Å². The summed E-state index contributed by atoms with van der Waals surface area (Å²) in [5, 5.41) is 0. The summed E-state index contributed by atoms with van der Waals surface area (Å²) in [7, 11) is 0. The second-order valence-corrected chi connectivity index (χ2v) is 6.47. The van der Waals surface area contributed by atoms with E-state index in [9.17, 15) is 4.79 Å². The van der Waals surface area contributed by atoms with Gasteiger partial charge in [-0.05, 0) is 23.6 Å². The van der Waals surface area contributed by atoms with Crippen LogP contribution in [0.1, 0.15) is 23.6 Å². The zero-order valence-electron chi connectivity index (χ0n) is 16.1. The van der Waals surface area contributed by atoms with E-state index >= 15 is 0 Å². The molecule has 0 spiro atoms. The standard InChI is InChI=1S/C25H25NO2/c1-2-28-25(27)18-24(23-16-10-5-11-17-23)26(19-21-12-6-3-7-13-21)20-22-14-8-4-9-15-22/h3-18H,2,19-20H2,1H3/b24-18+. The first-order valence-electron chi connectivity index (χ1n) is 9.53. The summed E-state index contributed by atoms with van der Waals surface area (Å²) in [4.78, 5) is 14.5. The van der Waals surface area contributed by atoms with E-state index in [1.807, 2.05) is 73.7 Å². The van der Waals surface area contributed by atoms with Gasteiger partial charge in [0.1, 0.15) is 0 Å². The number of carbonyl (C=O) groups is 1. The molecular weight excluding hydrogens is 346 g/mol. The second-order valence-electron chi connectivity index (χ2n) is 6.47. The van der Waals surface area contributed by atoms with E-state index in [-0.39, 0.29) is 5.97 Å². The Morgan fingerprint density at radius 3 is 1.71 bits per heavy atom. The Kier molecular flexibility index (Phi) is 7.02. The predicted octanol–water partition coefficient (Wildman–Crippen LogP) is 5.29. The number of ether oxygens (including phenoxy) is 1. The van der Waals surface area contributed by atoms with Gasteiger partial charge in [0.05, 0.1) is 12.3 Å². The molecule has 3 nitrogen and oxygen atoms in total. The van der Waals surface area contributed by atoms with Crippen molar-refractivity contribution in [3.8, 4) is 0 Å². The average Bonchev–Trinajstić information content (AvgIpc) is 2.74. The molecule has 0 aliphatic rings. The largest absolute Gasteiger partial charge is 0.463 e. The third-order valence-corrected chi connectivity index (χ3v) is 4.38. The minimum atomic E-state index is -0.326. The Labute approximate surface area is 166 Å². The molecule has 0 atom stereocenters. The zero-order chi connectivity index (χ0) is 19.6. The van der Waals surface area contributed by atoms with Gasteiger partial charge in [0.15, 0.2) is 0 Å². The van der Waals surface area contributed by atoms with Crippen LogP contribution >= 0.6 is 0 Å². The molecule has 0 aliphatic heterocycles. The molecule has 0 bridgehead atoms. The molecule has 3 heteroatoms. The second kappa shape index (κ2) is 10.1. The van der Waals surface area contributed by atoms with E-state index in [2.05, 4.69) is 29.2 Å². The van der Waals surface area contributed by atoms with Crippen LogP contribution in [0.15, 0.2) is 97.1 Å². The summed E-state index contributed by atoms with van der Waals surface area (Å²) < 4.78 is 5.20. The summed E-state index contributed by atoms with van der Waals surface area (Å²) in [5.41, 5.74) is 4.21. The molecule has 0 radical (unpaired) electrons. The molecule has 0 N–H and O–H groups in total. The average molecular weight is 371 g/mol. The predicted molar refractivity (Wildman–Crippen MR) is 113 cm³/mol. The van der Waals surface area contributed by atoms with Gasteiger partial charge in [0.2, 0.25) is 0 Å². The fourth-order valence-electron chi connectivity index (χ4n) is 3.10. The van der Waals surface area contributed by atoms with Crippen LogP contribution in [0.2, 0.25) is 0 Å². The van der Waals surface area contributed by atoms with Gasteiger partial charge in [-0.2, -0.15) is 0 Å². The van der Waals surface area contributed by atoms with Crippen molar-refractivity contribution in [2.75, 3.05) is 6.61 Å². The van der Waals surface area contributed by atoms with Gasteiger partial charge in [-0.1, -0.05) is 91.0 Å². The molecule has 28 heavy (non-hydrogen) atoms. The minimum absolute atomic E-state index is 0.326. The number of benzene rings is 3. The molecule has 0 aromatic heterocycles. The number of rotatable bonds is 8. The molecule has 0 unspecified atom stereocenters. The van der Waals surface area contributed by atoms with E-state index in [0.29, 0.717) is 19.7 Å². The number of esters is 1. The van der Waals surface area contributed by atoms with Crippen LogP contribution in [0.3, 0.4) is 0 Å². The Hall–Kier alpha value is -3.33. The number of hydrogen-bond acceptors (Lipinski definition) is 3. The van der Waals surface area contributed by atoms with Crippen molar-refractivity contribution < 1.29 is 9.53 Å². The van der Waals surface area contributed by atoms with Gasteiger partial charge in [0.25, 0.3) is 0 Å². The molecule has 3 aromatic rings. The smallest absolute Gasteiger partial charge is 0.332 e. The molecule has 3 rings (SSSR count). The first kappa shape index (κ1) is 19.4. The van der Waals surface area contributed by atoms with Gasteiger partial charge in [0, 0.05) is 19.2 Å². The van der Waals surface area contributed by atoms with Crippen LogP contribution in [0, 0.1) is 0 Å². The molecule has 0 aliphatic carbocycles. The van der Waals surface area contributed by atoms with Gasteiger partial charge in [-0.25, -0.2) is 4.79 Å². The van der Waals surface area contributed by atoms with Gasteiger partial charge in [-0.3, -0.25) is 0 Å². The van der Waals surface area contributed by atoms with E-state index in [1.54, 1.807) is 6.08 Å². The lowest BCUT2D eigenvalue weighted by atomic mass is 10.1. The normalized spacial score (nSPS) is 11.1. The zero-order valence-corrected chi connectivity index (χ0v) is 16.1. The quantitative estimate of drug-likeness (QED) is 0.398. The molecule has 142 valence electrons. The Morgan fingerprint density at radius 1 is 0.786 bits per heavy atom. The highest BCUT2D eigenvalue weighted by atomic mass is 16.5. The highest BCUT2D eigenvalue weighted by Crippen LogP contribution is 2.24. The minimum Gasteiger partial charge on any atom is -0.463 e. The lowest BCUT2D eigenvalue weighted by molar-refractivity contribution is -0.137. The lowest BCUT2D eigenvalue weighted by Crippen LogP contribution is -2.22. The maximum absolute atomic E-state index is 12.3. The Morgan fingerprint density at radius 2 is 1.25 bits per heavy atom. The summed E-state index contributed by atoms with van der Waals surface area (Å²) >= 11 is 0. The molecule has 0 heterocycles. The third-order valence-electron chi connectivity index (χ3n) is 4.38. The van der Waals surface area contributed by atoms with Crippen molar-refractivity contribution in [1.29, 1.82) is 0 Å². The fourth-order valence-corrected chi connectivity index (χ4v) is 3.10. The van der Waals surface area contributed by atoms with Crippen molar-refractivity contribution >= 4 is 11.7 Å². The van der Waals surface area contributed by atoms with Crippen molar-refractivity contribution in [3.05, 3.63) is 114 Å². The van der Waals surface area contributed by atoms with Crippen molar-refractivity contribution in [2.45, 2.75) is 20.0 Å². The first-order valence-corrected chi connectivity index (χ1v) is 9.53. The lowest BCUT2D eigenvalue weighted by Gasteiger charge is -2.28. The fraction of sp³-hybridized carbons (Fsp3) is 0.160. The monoisotopic (exact) mass is 371 g/mol. The maximum atomic E-state index is 12.3. The first-order chi connectivity index (χ1) is 13.8. The number of carbonyl (C=O) groups excluding carboxylic acids is 1. The van der Waals surface area contributed by atoms with Crippen LogP contribution in [0.25, 0.3) is 5.70 Å². The molecule has 0 fully saturated rings. The van der Waals surface area contributed by atoms with Gasteiger partial charge in [-0.15, -0.1) is 0 Å². The third kappa shape index (κ3) is 5.58. The Bertz CT molecular complexity index is 848. The van der Waals surface area contributed by atoms with E-state index in [1.165, 1.54) is 11.1 Å². The molecule has 0 saturated heterocycles. The maximum Gasteiger partial charge on any atom is 0.332 e. The SMILES string of the molecule is CCOC(=O)/C=C(\c1ccccc1)N(Cc1ccccc1)Cc1ccccc1. The van der Waals surface area contributed by atoms with E-state index in [4.69, 9.17) is 4.74 Å². The van der Waals surface area contributed by atoms with Crippen LogP contribution in [-0.2, 0) is 22.6 Å². The van der Waals surface area contributed by atoms with Crippen LogP contribution in [0.4, 0.5) is 0 Å². The van der Waals surface area contributed by atoms with Gasteiger partial charge >= 0.3 is 5.97 Å². The number of hydrogen-bond donors (Lipinski definition) is 0. The molecule has 0 amide bonds. The Balaban J connectivity index is 2.00. The summed E-state index contributed by atoms with van der Waals surface area (Å²) in [6.07, 6.45) is 1.60. The van der Waals surface area contributed by atoms with Crippen molar-refractivity contribution in [1.82, 2.24) is 4.90 Å². The van der Waals surface area contributed by atoms with Crippen LogP contribution in [0.5, 0.6) is 0 Å². The van der Waals surface area contributed by atoms with Crippen LogP contribution in [-0.4, -0.2) is 17.5 Å². The van der Waals surface area contributed by atoms with Crippen LogP contribution < -0.4 is 0 Å². The summed E-state index contributed by atoms with van der Waals surface area (Å²) in [5.74, 6) is -0.326. The molecule has 0 saturated carbocycles. The highest BCUT2D eigenvalue weighted by Gasteiger charge is 2.15. The van der Waals surface area contributed by atoms with E-state index < -0.39 is 0 Å². The molecular formula is C25H25NO2. The summed E-state index contributed by atoms with van der Waals surface area (Å²) in [6.45, 7) is 3.56. The molecule has 3 aromatic carbocycles. The van der Waals surface area contributed by atoms with Crippen molar-refractivity contribution in [3.63, 3.8) is 0 Å². The summed E-state index contributed by atoms with van der Waals surface area (Å²) in [6, 6.07) is 30.6. The highest BCUT2D eigenvalue weighted by molar-refractivity contribution is 5.90. The van der Waals surface area contributed by atoms with Crippen molar-refractivity contribution in [2.24, 2.45) is 0 Å². The van der Waals surface area contributed by atoms with E-state index in [0.717, 1.165) is 11.3 Å².